The minimum atomic E-state index is -0.865. The van der Waals surface area contributed by atoms with Crippen molar-refractivity contribution in [3.8, 4) is 0 Å². The van der Waals surface area contributed by atoms with Gasteiger partial charge in [0.15, 0.2) is 0 Å². The van der Waals surface area contributed by atoms with Gasteiger partial charge in [0.1, 0.15) is 5.60 Å². The highest BCUT2D eigenvalue weighted by Crippen LogP contribution is 2.62. The fourth-order valence-corrected chi connectivity index (χ4v) is 4.66. The Hall–Kier alpha value is -0.120. The molecule has 1 saturated heterocycles. The molecule has 0 unspecified atom stereocenters. The molecule has 2 N–H and O–H groups in total. The number of aliphatic hydroxyl groups excluding tert-OH is 1. The van der Waals surface area contributed by atoms with E-state index in [9.17, 15) is 10.2 Å². The van der Waals surface area contributed by atoms with Crippen LogP contribution in [0.4, 0.5) is 0 Å². The van der Waals surface area contributed by atoms with Crippen LogP contribution in [-0.2, 0) is 0 Å². The third-order valence-electron chi connectivity index (χ3n) is 6.08. The van der Waals surface area contributed by atoms with E-state index in [0.717, 1.165) is 25.9 Å². The lowest BCUT2D eigenvalue weighted by Gasteiger charge is -2.65. The van der Waals surface area contributed by atoms with Crippen molar-refractivity contribution in [2.45, 2.75) is 57.7 Å². The Morgan fingerprint density at radius 1 is 1.11 bits per heavy atom. The highest BCUT2D eigenvalue weighted by Gasteiger charge is 2.64. The summed E-state index contributed by atoms with van der Waals surface area (Å²) in [6, 6.07) is 0. The van der Waals surface area contributed by atoms with Gasteiger partial charge >= 0.3 is 0 Å². The first-order valence-corrected chi connectivity index (χ1v) is 7.57. The maximum Gasteiger partial charge on any atom is 0.106 e. The highest BCUT2D eigenvalue weighted by atomic mass is 16.3. The van der Waals surface area contributed by atoms with Crippen LogP contribution in [0.5, 0.6) is 0 Å². The summed E-state index contributed by atoms with van der Waals surface area (Å²) in [5, 5.41) is 21.4. The van der Waals surface area contributed by atoms with Crippen molar-refractivity contribution < 1.29 is 10.2 Å². The van der Waals surface area contributed by atoms with Crippen LogP contribution in [0.2, 0.25) is 0 Å². The Labute approximate surface area is 110 Å². The highest BCUT2D eigenvalue weighted by molar-refractivity contribution is 5.15. The molecule has 0 radical (unpaired) electrons. The molecule has 0 aromatic heterocycles. The minimum absolute atomic E-state index is 0.212. The average Bonchev–Trinajstić information content (AvgIpc) is 2.33. The van der Waals surface area contributed by atoms with Gasteiger partial charge in [0.05, 0.1) is 6.10 Å². The van der Waals surface area contributed by atoms with Crippen LogP contribution in [-0.4, -0.2) is 46.5 Å². The number of hydrogen-bond donors (Lipinski definition) is 2. The number of nitrogens with zero attached hydrogens (tertiary/aromatic N) is 1. The molecule has 4 aliphatic rings. The zero-order valence-corrected chi connectivity index (χ0v) is 11.7. The second kappa shape index (κ2) is 4.19. The Bertz CT molecular complexity index is 324. The van der Waals surface area contributed by atoms with Crippen LogP contribution in [0.15, 0.2) is 0 Å². The molecular weight excluding hydrogens is 226 g/mol. The molecule has 3 nitrogen and oxygen atoms in total. The van der Waals surface area contributed by atoms with Gasteiger partial charge in [-0.3, -0.25) is 0 Å². The Morgan fingerprint density at radius 3 is 2.39 bits per heavy atom. The van der Waals surface area contributed by atoms with E-state index >= 15 is 0 Å². The number of piperidine rings is 1. The van der Waals surface area contributed by atoms with Crippen LogP contribution >= 0.6 is 0 Å². The third kappa shape index (κ3) is 1.75. The third-order valence-corrected chi connectivity index (χ3v) is 6.08. The Kier molecular flexibility index (Phi) is 3.00. The van der Waals surface area contributed by atoms with Crippen molar-refractivity contribution in [1.82, 2.24) is 4.90 Å². The van der Waals surface area contributed by atoms with Crippen LogP contribution in [0.25, 0.3) is 0 Å². The van der Waals surface area contributed by atoms with Crippen molar-refractivity contribution >= 4 is 0 Å². The van der Waals surface area contributed by atoms with Gasteiger partial charge in [0.2, 0.25) is 0 Å². The SMILES string of the molecule is CC1(C)[C@@H]2C[C@H]1[C@](O)(CN1CCCCC1)[C@@H](O)C2. The molecule has 2 bridgehead atoms. The predicted molar refractivity (Wildman–Crippen MR) is 71.2 cm³/mol. The fraction of sp³-hybridized carbons (Fsp3) is 1.00. The number of hydrogen-bond acceptors (Lipinski definition) is 3. The normalized spacial score (nSPS) is 47.7. The maximum absolute atomic E-state index is 11.0. The second-order valence-corrected chi connectivity index (χ2v) is 7.39. The summed E-state index contributed by atoms with van der Waals surface area (Å²) < 4.78 is 0. The van der Waals surface area contributed by atoms with Gasteiger partial charge in [-0.2, -0.15) is 0 Å². The molecule has 0 aromatic carbocycles. The number of β-amino-alcohol motifs (C(OH)–C–C–N with tert-alkyl or cyclic N) is 1. The first-order chi connectivity index (χ1) is 8.44. The molecular formula is C15H27NO2. The quantitative estimate of drug-likeness (QED) is 0.786. The standard InChI is InChI=1S/C15H27NO2/c1-14(2)11-8-12(14)15(18,13(17)9-11)10-16-6-4-3-5-7-16/h11-13,17-18H,3-10H2,1-2H3/t11-,12-,13+,15-/m1/s1. The van der Waals surface area contributed by atoms with E-state index in [2.05, 4.69) is 18.7 Å². The van der Waals surface area contributed by atoms with Gasteiger partial charge < -0.3 is 15.1 Å². The van der Waals surface area contributed by atoms with Gasteiger partial charge in [-0.25, -0.2) is 0 Å². The van der Waals surface area contributed by atoms with E-state index in [0.29, 0.717) is 12.5 Å². The molecule has 0 amide bonds. The van der Waals surface area contributed by atoms with Gasteiger partial charge in [-0.15, -0.1) is 0 Å². The first kappa shape index (κ1) is 12.9. The van der Waals surface area contributed by atoms with Crippen LogP contribution in [0.1, 0.15) is 46.0 Å². The van der Waals surface area contributed by atoms with Crippen LogP contribution < -0.4 is 0 Å². The lowest BCUT2D eigenvalue weighted by molar-refractivity contribution is -0.259. The van der Waals surface area contributed by atoms with E-state index in [1.54, 1.807) is 0 Å². The first-order valence-electron chi connectivity index (χ1n) is 7.57. The molecule has 4 atom stereocenters. The van der Waals surface area contributed by atoms with E-state index in [-0.39, 0.29) is 11.3 Å². The largest absolute Gasteiger partial charge is 0.390 e. The monoisotopic (exact) mass is 253 g/mol. The molecule has 4 rings (SSSR count). The Morgan fingerprint density at radius 2 is 1.78 bits per heavy atom. The van der Waals surface area contributed by atoms with Crippen molar-refractivity contribution in [2.24, 2.45) is 17.3 Å². The van der Waals surface area contributed by atoms with Crippen LogP contribution in [0, 0.1) is 17.3 Å². The number of fused-ring (bicyclic) bond motifs is 2. The molecule has 3 saturated carbocycles. The number of aliphatic hydroxyl groups is 2. The molecule has 1 aliphatic heterocycles. The van der Waals surface area contributed by atoms with E-state index < -0.39 is 11.7 Å². The lowest BCUT2D eigenvalue weighted by Crippen LogP contribution is -2.70. The molecule has 0 spiro atoms. The van der Waals surface area contributed by atoms with Crippen molar-refractivity contribution in [3.05, 3.63) is 0 Å². The molecule has 104 valence electrons. The number of likely N-dealkylation sites (tertiary alicyclic amines) is 1. The van der Waals surface area contributed by atoms with Crippen molar-refractivity contribution in [1.29, 1.82) is 0 Å². The van der Waals surface area contributed by atoms with Crippen molar-refractivity contribution in [2.75, 3.05) is 19.6 Å². The summed E-state index contributed by atoms with van der Waals surface area (Å²) in [6.45, 7) is 7.38. The fourth-order valence-electron chi connectivity index (χ4n) is 4.66. The molecule has 0 aromatic rings. The topological polar surface area (TPSA) is 43.7 Å². The zero-order chi connectivity index (χ0) is 13.0. The summed E-state index contributed by atoms with van der Waals surface area (Å²) in [6.07, 6.45) is 5.17. The van der Waals surface area contributed by atoms with Crippen molar-refractivity contribution in [3.63, 3.8) is 0 Å². The summed E-state index contributed by atoms with van der Waals surface area (Å²) in [5.41, 5.74) is -0.653. The molecule has 3 heteroatoms. The van der Waals surface area contributed by atoms with E-state index in [4.69, 9.17) is 0 Å². The molecule has 1 heterocycles. The summed E-state index contributed by atoms with van der Waals surface area (Å²) in [7, 11) is 0. The van der Waals surface area contributed by atoms with Gasteiger partial charge in [-0.05, 0) is 56.0 Å². The second-order valence-electron chi connectivity index (χ2n) is 7.39. The average molecular weight is 253 g/mol. The smallest absolute Gasteiger partial charge is 0.106 e. The predicted octanol–water partition coefficient (Wildman–Crippen LogP) is 1.63. The summed E-state index contributed by atoms with van der Waals surface area (Å²) >= 11 is 0. The molecule has 3 aliphatic carbocycles. The summed E-state index contributed by atoms with van der Waals surface area (Å²) in [5.74, 6) is 0.889. The zero-order valence-electron chi connectivity index (χ0n) is 11.7. The number of rotatable bonds is 2. The maximum atomic E-state index is 11.0. The van der Waals surface area contributed by atoms with Gasteiger partial charge in [0.25, 0.3) is 0 Å². The van der Waals surface area contributed by atoms with Gasteiger partial charge in [0, 0.05) is 6.54 Å². The Balaban J connectivity index is 1.74. The lowest BCUT2D eigenvalue weighted by atomic mass is 9.43. The van der Waals surface area contributed by atoms with E-state index in [1.165, 1.54) is 19.3 Å². The summed E-state index contributed by atoms with van der Waals surface area (Å²) in [4.78, 5) is 2.36. The van der Waals surface area contributed by atoms with Gasteiger partial charge in [-0.1, -0.05) is 20.3 Å². The van der Waals surface area contributed by atoms with Crippen LogP contribution in [0.3, 0.4) is 0 Å². The molecule has 4 fully saturated rings. The minimum Gasteiger partial charge on any atom is -0.390 e. The molecule has 18 heavy (non-hydrogen) atoms. The van der Waals surface area contributed by atoms with E-state index in [1.807, 2.05) is 0 Å².